The van der Waals surface area contributed by atoms with Crippen LogP contribution in [0.5, 0.6) is 11.5 Å². The van der Waals surface area contributed by atoms with Gasteiger partial charge in [0.2, 0.25) is 5.91 Å². The summed E-state index contributed by atoms with van der Waals surface area (Å²) in [4.78, 5) is 57.0. The molecule has 0 fully saturated rings. The third kappa shape index (κ3) is 4.74. The van der Waals surface area contributed by atoms with Crippen molar-refractivity contribution in [3.8, 4) is 11.5 Å². The van der Waals surface area contributed by atoms with Gasteiger partial charge in [-0.05, 0) is 25.1 Å². The third-order valence-corrected chi connectivity index (χ3v) is 4.43. The molecule has 0 spiro atoms. The Morgan fingerprint density at radius 1 is 1.16 bits per heavy atom. The molecule has 0 radical (unpaired) electrons. The molecule has 164 valence electrons. The number of hydrazine groups is 1. The van der Waals surface area contributed by atoms with Gasteiger partial charge in [-0.25, -0.2) is 9.78 Å². The van der Waals surface area contributed by atoms with Gasteiger partial charge in [-0.2, -0.15) is 0 Å². The number of fused-ring (bicyclic) bond motifs is 1. The van der Waals surface area contributed by atoms with Crippen LogP contribution in [-0.4, -0.2) is 45.1 Å². The van der Waals surface area contributed by atoms with Gasteiger partial charge in [0.25, 0.3) is 11.5 Å². The Labute approximate surface area is 175 Å². The van der Waals surface area contributed by atoms with E-state index in [4.69, 9.17) is 9.47 Å². The van der Waals surface area contributed by atoms with Crippen molar-refractivity contribution < 1.29 is 19.1 Å². The van der Waals surface area contributed by atoms with Gasteiger partial charge >= 0.3 is 5.69 Å². The van der Waals surface area contributed by atoms with Gasteiger partial charge in [0, 0.05) is 25.5 Å². The molecular formula is C19H22N6O6. The zero-order valence-electron chi connectivity index (χ0n) is 17.2. The third-order valence-electron chi connectivity index (χ3n) is 4.43. The maximum Gasteiger partial charge on any atom is 0.329 e. The second-order valence-corrected chi connectivity index (χ2v) is 6.50. The molecule has 0 atom stereocenters. The number of nitrogens with one attached hydrogen (secondary N) is 4. The van der Waals surface area contributed by atoms with Crippen molar-refractivity contribution in [2.75, 3.05) is 13.7 Å². The number of hydrogen-bond donors (Lipinski definition) is 4. The standard InChI is InChI=1S/C19H22N6O6/c1-4-31-11-6-5-10(9-12(11)30-3)17(27)24-23-14(26)8-7-13-20-15-16(21-13)25(2)19(29)22-18(15)28/h5-6,9H,4,7-8H2,1-3H3,(H,20,21)(H,23,26)(H,24,27)(H,22,28,29). The molecule has 0 bridgehead atoms. The van der Waals surface area contributed by atoms with Crippen molar-refractivity contribution in [1.29, 1.82) is 0 Å². The minimum atomic E-state index is -0.584. The van der Waals surface area contributed by atoms with Crippen LogP contribution in [-0.2, 0) is 18.3 Å². The van der Waals surface area contributed by atoms with Crippen LogP contribution in [0.15, 0.2) is 27.8 Å². The van der Waals surface area contributed by atoms with E-state index in [-0.39, 0.29) is 29.6 Å². The number of carbonyl (C=O) groups excluding carboxylic acids is 2. The van der Waals surface area contributed by atoms with Crippen molar-refractivity contribution >= 4 is 23.0 Å². The number of H-pyrrole nitrogens is 2. The molecule has 1 aromatic carbocycles. The predicted molar refractivity (Wildman–Crippen MR) is 110 cm³/mol. The second-order valence-electron chi connectivity index (χ2n) is 6.50. The molecule has 0 unspecified atom stereocenters. The largest absolute Gasteiger partial charge is 0.493 e. The SMILES string of the molecule is CCOc1ccc(C(=O)NNC(=O)CCc2nc3c([nH]2)c(=O)[nH]c(=O)n3C)cc1OC. The summed E-state index contributed by atoms with van der Waals surface area (Å²) < 4.78 is 11.8. The molecule has 0 aliphatic rings. The summed E-state index contributed by atoms with van der Waals surface area (Å²) in [5.74, 6) is 0.275. The molecule has 0 aliphatic carbocycles. The number of rotatable bonds is 7. The van der Waals surface area contributed by atoms with E-state index in [2.05, 4.69) is 25.8 Å². The molecule has 31 heavy (non-hydrogen) atoms. The molecule has 0 aliphatic heterocycles. The lowest BCUT2D eigenvalue weighted by Crippen LogP contribution is -2.41. The van der Waals surface area contributed by atoms with Gasteiger partial charge in [0.05, 0.1) is 13.7 Å². The lowest BCUT2D eigenvalue weighted by atomic mass is 10.2. The fourth-order valence-electron chi connectivity index (χ4n) is 2.85. The Morgan fingerprint density at radius 2 is 1.94 bits per heavy atom. The number of amides is 2. The van der Waals surface area contributed by atoms with E-state index in [0.717, 1.165) is 0 Å². The summed E-state index contributed by atoms with van der Waals surface area (Å²) in [6.45, 7) is 2.29. The van der Waals surface area contributed by atoms with Crippen LogP contribution < -0.4 is 31.6 Å². The normalized spacial score (nSPS) is 10.7. The number of aryl methyl sites for hydroxylation is 2. The highest BCUT2D eigenvalue weighted by Crippen LogP contribution is 2.27. The smallest absolute Gasteiger partial charge is 0.329 e. The van der Waals surface area contributed by atoms with E-state index in [9.17, 15) is 19.2 Å². The average molecular weight is 430 g/mol. The molecule has 0 saturated carbocycles. The average Bonchev–Trinajstić information content (AvgIpc) is 3.20. The summed E-state index contributed by atoms with van der Waals surface area (Å²) in [7, 11) is 2.94. The van der Waals surface area contributed by atoms with Crippen LogP contribution >= 0.6 is 0 Å². The van der Waals surface area contributed by atoms with Gasteiger partial charge in [0.15, 0.2) is 17.1 Å². The molecule has 2 amide bonds. The number of carbonyl (C=O) groups is 2. The Morgan fingerprint density at radius 3 is 2.65 bits per heavy atom. The first-order chi connectivity index (χ1) is 14.8. The van der Waals surface area contributed by atoms with Crippen molar-refractivity contribution in [3.05, 3.63) is 50.4 Å². The first-order valence-corrected chi connectivity index (χ1v) is 9.42. The van der Waals surface area contributed by atoms with Crippen LogP contribution in [0.3, 0.4) is 0 Å². The van der Waals surface area contributed by atoms with Crippen molar-refractivity contribution in [2.24, 2.45) is 7.05 Å². The number of methoxy groups -OCH3 is 1. The molecule has 4 N–H and O–H groups in total. The quantitative estimate of drug-likeness (QED) is 0.376. The zero-order chi connectivity index (χ0) is 22.5. The number of aromatic nitrogens is 4. The van der Waals surface area contributed by atoms with Crippen LogP contribution in [0.25, 0.3) is 11.2 Å². The Balaban J connectivity index is 1.58. The van der Waals surface area contributed by atoms with Gasteiger partial charge < -0.3 is 14.5 Å². The maximum absolute atomic E-state index is 12.3. The summed E-state index contributed by atoms with van der Waals surface area (Å²) in [6, 6.07) is 4.66. The van der Waals surface area contributed by atoms with E-state index in [1.165, 1.54) is 24.8 Å². The number of aromatic amines is 2. The van der Waals surface area contributed by atoms with E-state index < -0.39 is 23.1 Å². The minimum absolute atomic E-state index is 0.0153. The maximum atomic E-state index is 12.3. The Kier molecular flexibility index (Phi) is 6.38. The number of benzene rings is 1. The Bertz CT molecular complexity index is 1240. The van der Waals surface area contributed by atoms with E-state index in [0.29, 0.717) is 23.9 Å². The monoisotopic (exact) mass is 430 g/mol. The van der Waals surface area contributed by atoms with Crippen LogP contribution in [0, 0.1) is 0 Å². The fraction of sp³-hybridized carbons (Fsp3) is 0.316. The Hall–Kier alpha value is -4.09. The lowest BCUT2D eigenvalue weighted by Gasteiger charge is -2.11. The number of imidazole rings is 1. The number of nitrogens with zero attached hydrogens (tertiary/aromatic N) is 2. The lowest BCUT2D eigenvalue weighted by molar-refractivity contribution is -0.121. The predicted octanol–water partition coefficient (Wildman–Crippen LogP) is -0.249. The van der Waals surface area contributed by atoms with Crippen molar-refractivity contribution in [2.45, 2.75) is 19.8 Å². The van der Waals surface area contributed by atoms with Crippen LogP contribution in [0.1, 0.15) is 29.5 Å². The summed E-state index contributed by atoms with van der Waals surface area (Å²) >= 11 is 0. The molecule has 3 aromatic rings. The summed E-state index contributed by atoms with van der Waals surface area (Å²) in [5.41, 5.74) is 4.10. The number of ether oxygens (including phenoxy) is 2. The van der Waals surface area contributed by atoms with Crippen LogP contribution in [0.2, 0.25) is 0 Å². The molecule has 3 rings (SSSR count). The highest BCUT2D eigenvalue weighted by atomic mass is 16.5. The molecule has 2 aromatic heterocycles. The molecule has 12 nitrogen and oxygen atoms in total. The van der Waals surface area contributed by atoms with Gasteiger partial charge in [0.1, 0.15) is 11.3 Å². The van der Waals surface area contributed by atoms with E-state index in [1.54, 1.807) is 12.1 Å². The fourth-order valence-corrected chi connectivity index (χ4v) is 2.85. The highest BCUT2D eigenvalue weighted by molar-refractivity contribution is 5.96. The van der Waals surface area contributed by atoms with Crippen LogP contribution in [0.4, 0.5) is 0 Å². The molecule has 0 saturated heterocycles. The summed E-state index contributed by atoms with van der Waals surface area (Å²) in [6.07, 6.45) is 0.152. The zero-order valence-corrected chi connectivity index (χ0v) is 17.2. The van der Waals surface area contributed by atoms with E-state index in [1.807, 2.05) is 6.92 Å². The van der Waals surface area contributed by atoms with Gasteiger partial charge in [-0.1, -0.05) is 0 Å². The number of hydrogen-bond acceptors (Lipinski definition) is 7. The first kappa shape index (κ1) is 21.6. The van der Waals surface area contributed by atoms with Crippen molar-refractivity contribution in [3.63, 3.8) is 0 Å². The topological polar surface area (TPSA) is 160 Å². The highest BCUT2D eigenvalue weighted by Gasteiger charge is 2.14. The second kappa shape index (κ2) is 9.15. The summed E-state index contributed by atoms with van der Waals surface area (Å²) in [5, 5.41) is 0. The van der Waals surface area contributed by atoms with Gasteiger partial charge in [-0.3, -0.25) is 34.8 Å². The molecule has 12 heteroatoms. The van der Waals surface area contributed by atoms with Gasteiger partial charge in [-0.15, -0.1) is 0 Å². The first-order valence-electron chi connectivity index (χ1n) is 9.42. The molecule has 2 heterocycles. The van der Waals surface area contributed by atoms with Crippen molar-refractivity contribution in [1.82, 2.24) is 30.4 Å². The minimum Gasteiger partial charge on any atom is -0.493 e. The van der Waals surface area contributed by atoms with E-state index >= 15 is 0 Å². The molecular weight excluding hydrogens is 408 g/mol.